The number of rotatable bonds is 7. The zero-order chi connectivity index (χ0) is 20.1. The molecule has 1 saturated carbocycles. The first-order chi connectivity index (χ1) is 13.3. The number of carbonyl (C=O) groups is 1. The molecule has 0 saturated heterocycles. The molecular formula is C20H22Cl2N2O3S. The third-order valence-electron chi connectivity index (χ3n) is 4.76. The highest BCUT2D eigenvalue weighted by atomic mass is 35.5. The monoisotopic (exact) mass is 440 g/mol. The number of benzene rings is 2. The molecule has 0 aliphatic heterocycles. The van der Waals surface area contributed by atoms with Crippen LogP contribution in [0.1, 0.15) is 31.2 Å². The Morgan fingerprint density at radius 1 is 0.964 bits per heavy atom. The van der Waals surface area contributed by atoms with Crippen molar-refractivity contribution in [3.05, 3.63) is 64.1 Å². The van der Waals surface area contributed by atoms with E-state index < -0.39 is 10.0 Å². The molecular weight excluding hydrogens is 419 g/mol. The summed E-state index contributed by atoms with van der Waals surface area (Å²) in [6.45, 7) is -0.176. The lowest BCUT2D eigenvalue weighted by atomic mass is 10.2. The van der Waals surface area contributed by atoms with E-state index in [0.717, 1.165) is 31.2 Å². The van der Waals surface area contributed by atoms with Gasteiger partial charge >= 0.3 is 0 Å². The molecule has 28 heavy (non-hydrogen) atoms. The summed E-state index contributed by atoms with van der Waals surface area (Å²) in [6.07, 6.45) is 4.05. The average Bonchev–Trinajstić information content (AvgIpc) is 3.16. The number of hydrogen-bond donors (Lipinski definition) is 1. The zero-order valence-corrected chi connectivity index (χ0v) is 17.6. The molecule has 3 rings (SSSR count). The lowest BCUT2D eigenvalue weighted by Gasteiger charge is -2.23. The quantitative estimate of drug-likeness (QED) is 0.699. The SMILES string of the molecule is O=C(CN(Cc1ccc(Cl)cc1)S(=O)(=O)c1ccc(Cl)cc1)NC1CCCC1. The normalized spacial score (nSPS) is 15.1. The molecule has 0 atom stereocenters. The summed E-state index contributed by atoms with van der Waals surface area (Å²) >= 11 is 11.8. The highest BCUT2D eigenvalue weighted by molar-refractivity contribution is 7.89. The molecule has 0 heterocycles. The molecule has 0 bridgehead atoms. The molecule has 1 aliphatic rings. The standard InChI is InChI=1S/C20H22Cl2N2O3S/c21-16-7-5-15(6-8-16)13-24(14-20(25)23-18-3-1-2-4-18)28(26,27)19-11-9-17(22)10-12-19/h5-12,18H,1-4,13-14H2,(H,23,25). The zero-order valence-electron chi connectivity index (χ0n) is 15.3. The number of nitrogens with one attached hydrogen (secondary N) is 1. The molecule has 0 spiro atoms. The van der Waals surface area contributed by atoms with Crippen LogP contribution in [0.3, 0.4) is 0 Å². The van der Waals surface area contributed by atoms with Crippen molar-refractivity contribution in [3.63, 3.8) is 0 Å². The molecule has 0 radical (unpaired) electrons. The van der Waals surface area contributed by atoms with Gasteiger partial charge in [-0.2, -0.15) is 4.31 Å². The van der Waals surface area contributed by atoms with Crippen LogP contribution in [0.4, 0.5) is 0 Å². The van der Waals surface area contributed by atoms with E-state index in [9.17, 15) is 13.2 Å². The van der Waals surface area contributed by atoms with E-state index in [-0.39, 0.29) is 29.9 Å². The van der Waals surface area contributed by atoms with Crippen molar-refractivity contribution in [2.75, 3.05) is 6.54 Å². The summed E-state index contributed by atoms with van der Waals surface area (Å²) in [4.78, 5) is 12.6. The molecule has 1 N–H and O–H groups in total. The fraction of sp³-hybridized carbons (Fsp3) is 0.350. The van der Waals surface area contributed by atoms with Gasteiger partial charge in [0.15, 0.2) is 0 Å². The predicted molar refractivity (Wildman–Crippen MR) is 111 cm³/mol. The van der Waals surface area contributed by atoms with Gasteiger partial charge in [0.1, 0.15) is 0 Å². The van der Waals surface area contributed by atoms with E-state index in [1.54, 1.807) is 24.3 Å². The second-order valence-corrected chi connectivity index (χ2v) is 9.71. The number of amides is 1. The molecule has 2 aromatic rings. The molecule has 0 aromatic heterocycles. The van der Waals surface area contributed by atoms with Crippen LogP contribution in [0.25, 0.3) is 0 Å². The highest BCUT2D eigenvalue weighted by Crippen LogP contribution is 2.22. The molecule has 1 fully saturated rings. The van der Waals surface area contributed by atoms with E-state index in [2.05, 4.69) is 5.32 Å². The van der Waals surface area contributed by atoms with Crippen molar-refractivity contribution < 1.29 is 13.2 Å². The molecule has 2 aromatic carbocycles. The number of nitrogens with zero attached hydrogens (tertiary/aromatic N) is 1. The van der Waals surface area contributed by atoms with Gasteiger partial charge in [0.25, 0.3) is 0 Å². The maximum Gasteiger partial charge on any atom is 0.243 e. The molecule has 1 aliphatic carbocycles. The largest absolute Gasteiger partial charge is 0.352 e. The minimum Gasteiger partial charge on any atom is -0.352 e. The topological polar surface area (TPSA) is 66.5 Å². The number of halogens is 2. The number of sulfonamides is 1. The Balaban J connectivity index is 1.83. The van der Waals surface area contributed by atoms with E-state index in [0.29, 0.717) is 10.0 Å². The Morgan fingerprint density at radius 3 is 2.07 bits per heavy atom. The Morgan fingerprint density at radius 2 is 1.50 bits per heavy atom. The Labute approximate surface area is 175 Å². The highest BCUT2D eigenvalue weighted by Gasteiger charge is 2.28. The fourth-order valence-electron chi connectivity index (χ4n) is 3.28. The van der Waals surface area contributed by atoms with Gasteiger partial charge in [-0.25, -0.2) is 8.42 Å². The predicted octanol–water partition coefficient (Wildman–Crippen LogP) is 4.24. The van der Waals surface area contributed by atoms with Crippen molar-refractivity contribution in [2.45, 2.75) is 43.2 Å². The van der Waals surface area contributed by atoms with Crippen molar-refractivity contribution >= 4 is 39.1 Å². The maximum absolute atomic E-state index is 13.2. The Kier molecular flexibility index (Phi) is 6.99. The molecule has 0 unspecified atom stereocenters. The van der Waals surface area contributed by atoms with E-state index in [4.69, 9.17) is 23.2 Å². The van der Waals surface area contributed by atoms with Gasteiger partial charge in [-0.15, -0.1) is 0 Å². The van der Waals surface area contributed by atoms with Gasteiger partial charge in [0, 0.05) is 22.6 Å². The van der Waals surface area contributed by atoms with Crippen LogP contribution in [0.2, 0.25) is 10.0 Å². The smallest absolute Gasteiger partial charge is 0.243 e. The van der Waals surface area contributed by atoms with Crippen LogP contribution < -0.4 is 5.32 Å². The lowest BCUT2D eigenvalue weighted by molar-refractivity contribution is -0.122. The third kappa shape index (κ3) is 5.47. The summed E-state index contributed by atoms with van der Waals surface area (Å²) < 4.78 is 27.5. The summed E-state index contributed by atoms with van der Waals surface area (Å²) in [6, 6.07) is 13.0. The first kappa shape index (κ1) is 21.1. The Hall–Kier alpha value is -1.60. The lowest BCUT2D eigenvalue weighted by Crippen LogP contribution is -2.43. The van der Waals surface area contributed by atoms with Crippen molar-refractivity contribution in [2.24, 2.45) is 0 Å². The van der Waals surface area contributed by atoms with Gasteiger partial charge < -0.3 is 5.32 Å². The molecule has 1 amide bonds. The van der Waals surface area contributed by atoms with Gasteiger partial charge in [-0.1, -0.05) is 48.2 Å². The van der Waals surface area contributed by atoms with Crippen LogP contribution in [0, 0.1) is 0 Å². The van der Waals surface area contributed by atoms with Crippen LogP contribution in [0.5, 0.6) is 0 Å². The van der Waals surface area contributed by atoms with Crippen LogP contribution in [-0.4, -0.2) is 31.2 Å². The van der Waals surface area contributed by atoms with Crippen molar-refractivity contribution in [3.8, 4) is 0 Å². The second-order valence-electron chi connectivity index (χ2n) is 6.90. The van der Waals surface area contributed by atoms with E-state index >= 15 is 0 Å². The minimum absolute atomic E-state index is 0.0697. The van der Waals surface area contributed by atoms with Crippen molar-refractivity contribution in [1.29, 1.82) is 0 Å². The van der Waals surface area contributed by atoms with Crippen LogP contribution in [0.15, 0.2) is 53.4 Å². The van der Waals surface area contributed by atoms with Gasteiger partial charge in [0.05, 0.1) is 11.4 Å². The van der Waals surface area contributed by atoms with Crippen LogP contribution in [-0.2, 0) is 21.4 Å². The number of carbonyl (C=O) groups excluding carboxylic acids is 1. The summed E-state index contributed by atoms with van der Waals surface area (Å²) in [7, 11) is -3.87. The summed E-state index contributed by atoms with van der Waals surface area (Å²) in [5.41, 5.74) is 0.746. The first-order valence-electron chi connectivity index (χ1n) is 9.14. The van der Waals surface area contributed by atoms with Gasteiger partial charge in [-0.05, 0) is 54.8 Å². The summed E-state index contributed by atoms with van der Waals surface area (Å²) in [5.74, 6) is -0.293. The second kappa shape index (κ2) is 9.27. The molecule has 5 nitrogen and oxygen atoms in total. The summed E-state index contributed by atoms with van der Waals surface area (Å²) in [5, 5.41) is 3.96. The van der Waals surface area contributed by atoms with Gasteiger partial charge in [-0.3, -0.25) is 4.79 Å². The third-order valence-corrected chi connectivity index (χ3v) is 7.07. The minimum atomic E-state index is -3.87. The van der Waals surface area contributed by atoms with Gasteiger partial charge in [0.2, 0.25) is 15.9 Å². The van der Waals surface area contributed by atoms with E-state index in [1.165, 1.54) is 28.6 Å². The average molecular weight is 441 g/mol. The van der Waals surface area contributed by atoms with E-state index in [1.807, 2.05) is 0 Å². The maximum atomic E-state index is 13.2. The first-order valence-corrected chi connectivity index (χ1v) is 11.3. The molecule has 8 heteroatoms. The number of hydrogen-bond acceptors (Lipinski definition) is 3. The Bertz CT molecular complexity index is 909. The fourth-order valence-corrected chi connectivity index (χ4v) is 4.91. The molecule has 150 valence electrons. The van der Waals surface area contributed by atoms with Crippen molar-refractivity contribution in [1.82, 2.24) is 9.62 Å². The van der Waals surface area contributed by atoms with Crippen LogP contribution >= 0.6 is 23.2 Å².